The molecule has 0 aliphatic carbocycles. The summed E-state index contributed by atoms with van der Waals surface area (Å²) in [6.45, 7) is 0. The van der Waals surface area contributed by atoms with Crippen LogP contribution in [0.3, 0.4) is 0 Å². The molecule has 0 aliphatic rings. The van der Waals surface area contributed by atoms with Crippen LogP contribution in [0.15, 0.2) is 42.5 Å². The summed E-state index contributed by atoms with van der Waals surface area (Å²) in [5.41, 5.74) is 0.292. The Kier molecular flexibility index (Phi) is 5.06. The molecule has 0 saturated heterocycles. The van der Waals surface area contributed by atoms with E-state index in [1.165, 1.54) is 0 Å². The van der Waals surface area contributed by atoms with Crippen molar-refractivity contribution in [2.45, 2.75) is 6.42 Å². The molecule has 2 amide bonds. The Balaban J connectivity index is 1.91. The number of benzene rings is 2. The lowest BCUT2D eigenvalue weighted by atomic mass is 10.2. The number of carbonyl (C=O) groups is 2. The number of anilines is 2. The van der Waals surface area contributed by atoms with E-state index in [-0.39, 0.29) is 5.69 Å². The molecule has 0 fully saturated rings. The minimum absolute atomic E-state index is 0.189. The first-order chi connectivity index (χ1) is 10.4. The summed E-state index contributed by atoms with van der Waals surface area (Å²) < 4.78 is 26.1. The molecule has 0 atom stereocenters. The van der Waals surface area contributed by atoms with E-state index < -0.39 is 29.9 Å². The van der Waals surface area contributed by atoms with Gasteiger partial charge < -0.3 is 10.6 Å². The summed E-state index contributed by atoms with van der Waals surface area (Å²) in [6, 6.07) is 9.07. The van der Waals surface area contributed by atoms with Crippen molar-refractivity contribution < 1.29 is 18.4 Å². The minimum Gasteiger partial charge on any atom is -0.326 e. The van der Waals surface area contributed by atoms with Gasteiger partial charge in [0.05, 0.1) is 5.69 Å². The molecule has 4 nitrogen and oxygen atoms in total. The van der Waals surface area contributed by atoms with Gasteiger partial charge in [-0.25, -0.2) is 8.78 Å². The highest BCUT2D eigenvalue weighted by molar-refractivity contribution is 6.30. The van der Waals surface area contributed by atoms with E-state index in [1.807, 2.05) is 0 Å². The lowest BCUT2D eigenvalue weighted by Gasteiger charge is -2.07. The summed E-state index contributed by atoms with van der Waals surface area (Å²) in [5.74, 6) is -2.94. The van der Waals surface area contributed by atoms with Crippen molar-refractivity contribution in [2.75, 3.05) is 10.6 Å². The largest absolute Gasteiger partial charge is 0.326 e. The molecular weight excluding hydrogens is 314 g/mol. The van der Waals surface area contributed by atoms with Gasteiger partial charge in [-0.1, -0.05) is 11.6 Å². The Bertz CT molecular complexity index is 705. The summed E-state index contributed by atoms with van der Waals surface area (Å²) in [7, 11) is 0. The fourth-order valence-electron chi connectivity index (χ4n) is 1.67. The van der Waals surface area contributed by atoms with Crippen molar-refractivity contribution >= 4 is 34.8 Å². The third kappa shape index (κ3) is 4.53. The predicted molar refractivity (Wildman–Crippen MR) is 79.7 cm³/mol. The SMILES string of the molecule is O=C(CC(=O)Nc1ccc(F)cc1F)Nc1ccc(Cl)cc1. The standard InChI is InChI=1S/C15H11ClF2N2O2/c16-9-1-4-11(5-2-9)19-14(21)8-15(22)20-13-6-3-10(17)7-12(13)18/h1-7H,8H2,(H,19,21)(H,20,22). The number of amides is 2. The molecule has 2 rings (SSSR count). The van der Waals surface area contributed by atoms with Crippen LogP contribution in [0.25, 0.3) is 0 Å². The van der Waals surface area contributed by atoms with Crippen LogP contribution in [0.2, 0.25) is 5.02 Å². The Morgan fingerprint density at radius 3 is 2.23 bits per heavy atom. The van der Waals surface area contributed by atoms with Gasteiger partial charge in [0.25, 0.3) is 0 Å². The Morgan fingerprint density at radius 2 is 1.59 bits per heavy atom. The van der Waals surface area contributed by atoms with Crippen molar-refractivity contribution in [1.82, 2.24) is 0 Å². The first-order valence-corrected chi connectivity index (χ1v) is 6.62. The molecule has 114 valence electrons. The lowest BCUT2D eigenvalue weighted by Crippen LogP contribution is -2.21. The number of nitrogens with one attached hydrogen (secondary N) is 2. The second-order valence-corrected chi connectivity index (χ2v) is 4.84. The molecule has 2 N–H and O–H groups in total. The van der Waals surface area contributed by atoms with Crippen LogP contribution < -0.4 is 10.6 Å². The molecule has 0 spiro atoms. The van der Waals surface area contributed by atoms with Crippen molar-refractivity contribution in [2.24, 2.45) is 0 Å². The van der Waals surface area contributed by atoms with Crippen LogP contribution in [0.5, 0.6) is 0 Å². The predicted octanol–water partition coefficient (Wildman–Crippen LogP) is 3.59. The molecule has 0 heterocycles. The van der Waals surface area contributed by atoms with Gasteiger partial charge in [0.15, 0.2) is 0 Å². The number of halogens is 3. The van der Waals surface area contributed by atoms with Crippen LogP contribution in [0.4, 0.5) is 20.2 Å². The Labute approximate surface area is 130 Å². The molecule has 2 aromatic rings. The maximum atomic E-state index is 13.4. The Morgan fingerprint density at radius 1 is 0.955 bits per heavy atom. The average molecular weight is 325 g/mol. The van der Waals surface area contributed by atoms with Crippen LogP contribution >= 0.6 is 11.6 Å². The first kappa shape index (κ1) is 15.9. The summed E-state index contributed by atoms with van der Waals surface area (Å²) in [5, 5.41) is 5.21. The smallest absolute Gasteiger partial charge is 0.233 e. The first-order valence-electron chi connectivity index (χ1n) is 6.24. The van der Waals surface area contributed by atoms with Crippen LogP contribution in [0, 0.1) is 11.6 Å². The minimum atomic E-state index is -0.911. The fourth-order valence-corrected chi connectivity index (χ4v) is 1.80. The molecule has 22 heavy (non-hydrogen) atoms. The van der Waals surface area contributed by atoms with E-state index in [0.717, 1.165) is 12.1 Å². The molecular formula is C15H11ClF2N2O2. The van der Waals surface area contributed by atoms with E-state index in [9.17, 15) is 18.4 Å². The zero-order valence-electron chi connectivity index (χ0n) is 11.2. The monoisotopic (exact) mass is 324 g/mol. The van der Waals surface area contributed by atoms with E-state index in [1.54, 1.807) is 24.3 Å². The van der Waals surface area contributed by atoms with Gasteiger partial charge in [-0.05, 0) is 36.4 Å². The summed E-state index contributed by atoms with van der Waals surface area (Å²) in [6.07, 6.45) is -0.501. The highest BCUT2D eigenvalue weighted by Crippen LogP contribution is 2.16. The maximum Gasteiger partial charge on any atom is 0.233 e. The van der Waals surface area contributed by atoms with Crippen molar-refractivity contribution in [1.29, 1.82) is 0 Å². The molecule has 0 bridgehead atoms. The van der Waals surface area contributed by atoms with E-state index in [0.29, 0.717) is 16.8 Å². The van der Waals surface area contributed by atoms with Crippen molar-refractivity contribution in [3.05, 3.63) is 59.1 Å². The number of hydrogen-bond acceptors (Lipinski definition) is 2. The van der Waals surface area contributed by atoms with Gasteiger partial charge >= 0.3 is 0 Å². The number of rotatable bonds is 4. The third-order valence-corrected chi connectivity index (χ3v) is 2.91. The Hall–Kier alpha value is -2.47. The van der Waals surface area contributed by atoms with Crippen molar-refractivity contribution in [3.8, 4) is 0 Å². The number of carbonyl (C=O) groups excluding carboxylic acids is 2. The molecule has 0 aromatic heterocycles. The van der Waals surface area contributed by atoms with Crippen LogP contribution in [-0.4, -0.2) is 11.8 Å². The van der Waals surface area contributed by atoms with Crippen LogP contribution in [-0.2, 0) is 9.59 Å². The van der Waals surface area contributed by atoms with E-state index in [2.05, 4.69) is 10.6 Å². The van der Waals surface area contributed by atoms with Gasteiger partial charge in [-0.15, -0.1) is 0 Å². The van der Waals surface area contributed by atoms with Gasteiger partial charge in [-0.2, -0.15) is 0 Å². The fraction of sp³-hybridized carbons (Fsp3) is 0.0667. The second-order valence-electron chi connectivity index (χ2n) is 4.40. The van der Waals surface area contributed by atoms with E-state index in [4.69, 9.17) is 11.6 Å². The highest BCUT2D eigenvalue weighted by Gasteiger charge is 2.12. The summed E-state index contributed by atoms with van der Waals surface area (Å²) in [4.78, 5) is 23.3. The lowest BCUT2D eigenvalue weighted by molar-refractivity contribution is -0.123. The van der Waals surface area contributed by atoms with Gasteiger partial charge in [0.2, 0.25) is 11.8 Å². The van der Waals surface area contributed by atoms with E-state index >= 15 is 0 Å². The van der Waals surface area contributed by atoms with Gasteiger partial charge in [0.1, 0.15) is 18.1 Å². The number of hydrogen-bond donors (Lipinski definition) is 2. The quantitative estimate of drug-likeness (QED) is 0.844. The molecule has 0 aliphatic heterocycles. The van der Waals surface area contributed by atoms with Gasteiger partial charge in [-0.3, -0.25) is 9.59 Å². The summed E-state index contributed by atoms with van der Waals surface area (Å²) >= 11 is 5.71. The zero-order valence-corrected chi connectivity index (χ0v) is 12.0. The normalized spacial score (nSPS) is 10.1. The third-order valence-electron chi connectivity index (χ3n) is 2.65. The zero-order chi connectivity index (χ0) is 16.1. The molecule has 2 aromatic carbocycles. The molecule has 0 unspecified atom stereocenters. The maximum absolute atomic E-state index is 13.4. The average Bonchev–Trinajstić information content (AvgIpc) is 2.44. The second kappa shape index (κ2) is 7.00. The van der Waals surface area contributed by atoms with Crippen LogP contribution in [0.1, 0.15) is 6.42 Å². The molecule has 7 heteroatoms. The van der Waals surface area contributed by atoms with Gasteiger partial charge in [0, 0.05) is 16.8 Å². The highest BCUT2D eigenvalue weighted by atomic mass is 35.5. The molecule has 0 saturated carbocycles. The topological polar surface area (TPSA) is 58.2 Å². The molecule has 0 radical (unpaired) electrons. The van der Waals surface area contributed by atoms with Crippen molar-refractivity contribution in [3.63, 3.8) is 0 Å².